The molecule has 0 amide bonds. The minimum Gasteiger partial charge on any atom is -0.313 e. The fraction of sp³-hybridized carbons (Fsp3) is 0.625. The lowest BCUT2D eigenvalue weighted by Gasteiger charge is -2.26. The topological polar surface area (TPSA) is 12.0 Å². The molecule has 1 aromatic carbocycles. The predicted octanol–water partition coefficient (Wildman–Crippen LogP) is 3.99. The maximum absolute atomic E-state index is 3.56. The van der Waals surface area contributed by atoms with E-state index in [1.54, 1.807) is 0 Å². The van der Waals surface area contributed by atoms with Crippen molar-refractivity contribution in [1.29, 1.82) is 0 Å². The summed E-state index contributed by atoms with van der Waals surface area (Å²) in [6.45, 7) is 4.60. The molecule has 0 saturated heterocycles. The molecule has 2 atom stereocenters. The van der Waals surface area contributed by atoms with Crippen molar-refractivity contribution in [1.82, 2.24) is 5.32 Å². The summed E-state index contributed by atoms with van der Waals surface area (Å²) < 4.78 is 0. The van der Waals surface area contributed by atoms with Crippen molar-refractivity contribution in [3.63, 3.8) is 0 Å². The van der Waals surface area contributed by atoms with Crippen LogP contribution in [0, 0.1) is 11.8 Å². The summed E-state index contributed by atoms with van der Waals surface area (Å²) in [5.74, 6) is 1.94. The Morgan fingerprint density at radius 2 is 2.00 bits per heavy atom. The van der Waals surface area contributed by atoms with Gasteiger partial charge in [0, 0.05) is 6.54 Å². The minimum atomic E-state index is 0.961. The van der Waals surface area contributed by atoms with E-state index in [1.807, 2.05) is 0 Å². The molecule has 1 saturated carbocycles. The van der Waals surface area contributed by atoms with Crippen LogP contribution in [0.15, 0.2) is 30.3 Å². The molecule has 1 aliphatic rings. The summed E-state index contributed by atoms with van der Waals surface area (Å²) in [4.78, 5) is 0. The molecule has 0 heterocycles. The number of benzene rings is 1. The molecule has 1 aliphatic carbocycles. The largest absolute Gasteiger partial charge is 0.313 e. The summed E-state index contributed by atoms with van der Waals surface area (Å²) >= 11 is 0. The average Bonchev–Trinajstić information content (AvgIpc) is 2.36. The number of rotatable bonds is 5. The molecule has 1 N–H and O–H groups in total. The Hall–Kier alpha value is -0.820. The average molecular weight is 231 g/mol. The van der Waals surface area contributed by atoms with Crippen LogP contribution in [0.1, 0.15) is 44.6 Å². The van der Waals surface area contributed by atoms with E-state index in [9.17, 15) is 0 Å². The first kappa shape index (κ1) is 12.6. The molecular formula is C16H25N. The third kappa shape index (κ3) is 4.51. The highest BCUT2D eigenvalue weighted by Crippen LogP contribution is 2.30. The molecule has 2 rings (SSSR count). The van der Waals surface area contributed by atoms with Crippen molar-refractivity contribution in [2.24, 2.45) is 11.8 Å². The van der Waals surface area contributed by atoms with Crippen molar-refractivity contribution >= 4 is 0 Å². The Labute approximate surface area is 106 Å². The van der Waals surface area contributed by atoms with Crippen LogP contribution in [0.3, 0.4) is 0 Å². The molecule has 0 radical (unpaired) electrons. The Morgan fingerprint density at radius 1 is 1.18 bits per heavy atom. The van der Waals surface area contributed by atoms with Crippen molar-refractivity contribution < 1.29 is 0 Å². The molecular weight excluding hydrogens is 206 g/mol. The van der Waals surface area contributed by atoms with Gasteiger partial charge in [-0.3, -0.25) is 0 Å². The van der Waals surface area contributed by atoms with Crippen LogP contribution in [0.2, 0.25) is 0 Å². The van der Waals surface area contributed by atoms with E-state index in [0.717, 1.165) is 18.4 Å². The second-order valence-corrected chi connectivity index (χ2v) is 5.59. The quantitative estimate of drug-likeness (QED) is 0.755. The number of nitrogens with one attached hydrogen (secondary N) is 1. The molecule has 1 aromatic rings. The second-order valence-electron chi connectivity index (χ2n) is 5.59. The van der Waals surface area contributed by atoms with Gasteiger partial charge in [-0.2, -0.15) is 0 Å². The van der Waals surface area contributed by atoms with Gasteiger partial charge in [-0.1, -0.05) is 56.5 Å². The van der Waals surface area contributed by atoms with E-state index in [2.05, 4.69) is 42.6 Å². The SMILES string of the molecule is CC1CCCC(CCNCc2ccccc2)C1. The van der Waals surface area contributed by atoms with E-state index in [-0.39, 0.29) is 0 Å². The highest BCUT2D eigenvalue weighted by molar-refractivity contribution is 5.14. The van der Waals surface area contributed by atoms with Gasteiger partial charge >= 0.3 is 0 Å². The zero-order valence-corrected chi connectivity index (χ0v) is 11.0. The van der Waals surface area contributed by atoms with Gasteiger partial charge in [0.25, 0.3) is 0 Å². The smallest absolute Gasteiger partial charge is 0.0205 e. The van der Waals surface area contributed by atoms with E-state index in [4.69, 9.17) is 0 Å². The molecule has 0 bridgehead atoms. The first-order valence-corrected chi connectivity index (χ1v) is 7.09. The monoisotopic (exact) mass is 231 g/mol. The lowest BCUT2D eigenvalue weighted by atomic mass is 9.81. The van der Waals surface area contributed by atoms with E-state index >= 15 is 0 Å². The fourth-order valence-electron chi connectivity index (χ4n) is 2.96. The van der Waals surface area contributed by atoms with Gasteiger partial charge in [-0.05, 0) is 36.8 Å². The molecule has 0 aromatic heterocycles. The zero-order valence-electron chi connectivity index (χ0n) is 11.0. The highest BCUT2D eigenvalue weighted by Gasteiger charge is 2.17. The van der Waals surface area contributed by atoms with Crippen LogP contribution in [0.25, 0.3) is 0 Å². The van der Waals surface area contributed by atoms with Gasteiger partial charge in [0.05, 0.1) is 0 Å². The van der Waals surface area contributed by atoms with Crippen molar-refractivity contribution in [3.8, 4) is 0 Å². The van der Waals surface area contributed by atoms with Gasteiger partial charge in [-0.25, -0.2) is 0 Å². The predicted molar refractivity (Wildman–Crippen MR) is 73.9 cm³/mol. The van der Waals surface area contributed by atoms with E-state index in [0.29, 0.717) is 0 Å². The molecule has 2 unspecified atom stereocenters. The summed E-state index contributed by atoms with van der Waals surface area (Å²) in [6, 6.07) is 10.7. The third-order valence-corrected chi connectivity index (χ3v) is 3.95. The lowest BCUT2D eigenvalue weighted by molar-refractivity contribution is 0.267. The van der Waals surface area contributed by atoms with Crippen LogP contribution in [0.4, 0.5) is 0 Å². The minimum absolute atomic E-state index is 0.961. The highest BCUT2D eigenvalue weighted by atomic mass is 14.8. The number of hydrogen-bond acceptors (Lipinski definition) is 1. The molecule has 0 aliphatic heterocycles. The van der Waals surface area contributed by atoms with Crippen LogP contribution >= 0.6 is 0 Å². The van der Waals surface area contributed by atoms with Crippen molar-refractivity contribution in [3.05, 3.63) is 35.9 Å². The summed E-state index contributed by atoms with van der Waals surface area (Å²) in [5, 5.41) is 3.56. The molecule has 94 valence electrons. The van der Waals surface area contributed by atoms with Gasteiger partial charge in [0.15, 0.2) is 0 Å². The first-order valence-electron chi connectivity index (χ1n) is 7.09. The molecule has 1 nitrogen and oxygen atoms in total. The first-order chi connectivity index (χ1) is 8.34. The summed E-state index contributed by atoms with van der Waals surface area (Å²) in [5.41, 5.74) is 1.39. The van der Waals surface area contributed by atoms with Crippen LogP contribution < -0.4 is 5.32 Å². The molecule has 1 heteroatoms. The van der Waals surface area contributed by atoms with Crippen molar-refractivity contribution in [2.45, 2.75) is 45.6 Å². The lowest BCUT2D eigenvalue weighted by Crippen LogP contribution is -2.21. The zero-order chi connectivity index (χ0) is 11.9. The Kier molecular flexibility index (Phi) is 5.06. The van der Waals surface area contributed by atoms with Crippen molar-refractivity contribution in [2.75, 3.05) is 6.54 Å². The Balaban J connectivity index is 1.60. The fourth-order valence-corrected chi connectivity index (χ4v) is 2.96. The van der Waals surface area contributed by atoms with E-state index in [1.165, 1.54) is 44.2 Å². The second kappa shape index (κ2) is 6.80. The Bertz CT molecular complexity index is 307. The van der Waals surface area contributed by atoms with Gasteiger partial charge in [0.2, 0.25) is 0 Å². The normalized spacial score (nSPS) is 24.8. The van der Waals surface area contributed by atoms with Crippen LogP contribution in [-0.2, 0) is 6.54 Å². The third-order valence-electron chi connectivity index (χ3n) is 3.95. The number of hydrogen-bond donors (Lipinski definition) is 1. The van der Waals surface area contributed by atoms with Crippen LogP contribution in [0.5, 0.6) is 0 Å². The molecule has 17 heavy (non-hydrogen) atoms. The van der Waals surface area contributed by atoms with Gasteiger partial charge in [0.1, 0.15) is 0 Å². The summed E-state index contributed by atoms with van der Waals surface area (Å²) in [7, 11) is 0. The standard InChI is InChI=1S/C16H25N/c1-14-6-5-9-15(12-14)10-11-17-13-16-7-3-2-4-8-16/h2-4,7-8,14-15,17H,5-6,9-13H2,1H3. The van der Waals surface area contributed by atoms with Gasteiger partial charge in [-0.15, -0.1) is 0 Å². The van der Waals surface area contributed by atoms with Gasteiger partial charge < -0.3 is 5.32 Å². The maximum atomic E-state index is 3.56. The Morgan fingerprint density at radius 3 is 2.76 bits per heavy atom. The summed E-state index contributed by atoms with van der Waals surface area (Å²) in [6.07, 6.45) is 7.17. The van der Waals surface area contributed by atoms with E-state index < -0.39 is 0 Å². The maximum Gasteiger partial charge on any atom is 0.0205 e. The van der Waals surface area contributed by atoms with Crippen LogP contribution in [-0.4, -0.2) is 6.54 Å². The molecule has 1 fully saturated rings. The molecule has 0 spiro atoms.